The molecule has 2 fully saturated rings. The smallest absolute Gasteiger partial charge is 0.320 e. The molecule has 2 heterocycles. The molecule has 0 saturated carbocycles. The molecule has 2 aliphatic rings. The zero-order valence-corrected chi connectivity index (χ0v) is 10.6. The lowest BCUT2D eigenvalue weighted by Gasteiger charge is -2.38. The van der Waals surface area contributed by atoms with Crippen molar-refractivity contribution in [2.75, 3.05) is 13.6 Å². The number of amides is 2. The Morgan fingerprint density at radius 2 is 2.06 bits per heavy atom. The van der Waals surface area contributed by atoms with Gasteiger partial charge in [0, 0.05) is 13.6 Å². The second-order valence-electron chi connectivity index (χ2n) is 5.23. The van der Waals surface area contributed by atoms with Crippen molar-refractivity contribution in [1.82, 2.24) is 9.80 Å². The van der Waals surface area contributed by atoms with E-state index in [0.717, 1.165) is 11.3 Å². The largest absolute Gasteiger partial charge is 0.480 e. The van der Waals surface area contributed by atoms with Gasteiger partial charge < -0.3 is 5.11 Å². The predicted octanol–water partition coefficient (Wildman–Crippen LogP) is -0.0712. The second kappa shape index (κ2) is 4.68. The molecule has 0 radical (unpaired) electrons. The van der Waals surface area contributed by atoms with Crippen molar-refractivity contribution in [2.24, 2.45) is 5.92 Å². The number of rotatable bonds is 2. The summed E-state index contributed by atoms with van der Waals surface area (Å²) >= 11 is 0. The predicted molar refractivity (Wildman–Crippen MR) is 62.7 cm³/mol. The lowest BCUT2D eigenvalue weighted by atomic mass is 9.91. The number of nitrogens with zero attached hydrogens (tertiary/aromatic N) is 2. The summed E-state index contributed by atoms with van der Waals surface area (Å²) in [6.07, 6.45) is 1.51. The van der Waals surface area contributed by atoms with Gasteiger partial charge in [-0.05, 0) is 18.8 Å². The number of carbonyl (C=O) groups excluding carboxylic acids is 2. The molecular formula is C12H18N2O4. The average Bonchev–Trinajstić information content (AvgIpc) is 2.57. The van der Waals surface area contributed by atoms with E-state index in [9.17, 15) is 19.5 Å². The molecule has 6 heteroatoms. The van der Waals surface area contributed by atoms with E-state index in [4.69, 9.17) is 0 Å². The molecule has 2 aliphatic heterocycles. The van der Waals surface area contributed by atoms with Gasteiger partial charge in [0.15, 0.2) is 0 Å². The lowest BCUT2D eigenvalue weighted by Crippen LogP contribution is -2.53. The maximum Gasteiger partial charge on any atom is 0.320 e. The monoisotopic (exact) mass is 254 g/mol. The van der Waals surface area contributed by atoms with E-state index in [2.05, 4.69) is 0 Å². The molecule has 18 heavy (non-hydrogen) atoms. The van der Waals surface area contributed by atoms with E-state index >= 15 is 0 Å². The number of likely N-dealkylation sites (N-methyl/N-ethyl adjacent to an activating group) is 1. The molecule has 1 N–H and O–H groups in total. The van der Waals surface area contributed by atoms with Crippen LogP contribution in [0.4, 0.5) is 0 Å². The maximum absolute atomic E-state index is 11.9. The van der Waals surface area contributed by atoms with Gasteiger partial charge in [-0.25, -0.2) is 0 Å². The Morgan fingerprint density at radius 1 is 1.39 bits per heavy atom. The zero-order valence-electron chi connectivity index (χ0n) is 10.6. The number of likely N-dealkylation sites (tertiary alicyclic amines) is 2. The molecule has 0 aliphatic carbocycles. The summed E-state index contributed by atoms with van der Waals surface area (Å²) in [5.74, 6) is -1.07. The molecule has 3 unspecified atom stereocenters. The van der Waals surface area contributed by atoms with Crippen LogP contribution in [0.3, 0.4) is 0 Å². The highest BCUT2D eigenvalue weighted by atomic mass is 16.4. The van der Waals surface area contributed by atoms with Crippen molar-refractivity contribution in [3.63, 3.8) is 0 Å². The van der Waals surface area contributed by atoms with E-state index in [-0.39, 0.29) is 18.2 Å². The summed E-state index contributed by atoms with van der Waals surface area (Å²) in [6.45, 7) is 2.58. The van der Waals surface area contributed by atoms with E-state index < -0.39 is 18.1 Å². The summed E-state index contributed by atoms with van der Waals surface area (Å²) in [5.41, 5.74) is 0. The number of hydrogen-bond acceptors (Lipinski definition) is 4. The topological polar surface area (TPSA) is 77.9 Å². The van der Waals surface area contributed by atoms with Crippen molar-refractivity contribution < 1.29 is 19.5 Å². The van der Waals surface area contributed by atoms with Crippen LogP contribution < -0.4 is 0 Å². The van der Waals surface area contributed by atoms with Crippen LogP contribution in [0.15, 0.2) is 0 Å². The van der Waals surface area contributed by atoms with Gasteiger partial charge in [-0.3, -0.25) is 24.2 Å². The SMILES string of the molecule is CC1CCN(C2CC(=O)N(C)C2=O)C(C(=O)O)C1. The average molecular weight is 254 g/mol. The molecule has 0 spiro atoms. The first kappa shape index (κ1) is 13.0. The number of carboxylic acids is 1. The zero-order chi connectivity index (χ0) is 13.4. The molecule has 2 saturated heterocycles. The van der Waals surface area contributed by atoms with Crippen LogP contribution in [0.1, 0.15) is 26.2 Å². The van der Waals surface area contributed by atoms with Gasteiger partial charge in [-0.1, -0.05) is 6.92 Å². The molecule has 0 aromatic carbocycles. The molecule has 0 aromatic rings. The van der Waals surface area contributed by atoms with Gasteiger partial charge in [0.05, 0.1) is 12.5 Å². The fourth-order valence-electron chi connectivity index (χ4n) is 2.77. The van der Waals surface area contributed by atoms with Crippen molar-refractivity contribution in [3.8, 4) is 0 Å². The van der Waals surface area contributed by atoms with Crippen LogP contribution in [0.25, 0.3) is 0 Å². The third-order valence-corrected chi connectivity index (χ3v) is 3.95. The minimum atomic E-state index is -0.906. The highest BCUT2D eigenvalue weighted by molar-refractivity contribution is 6.05. The fourth-order valence-corrected chi connectivity index (χ4v) is 2.77. The summed E-state index contributed by atoms with van der Waals surface area (Å²) in [7, 11) is 1.45. The van der Waals surface area contributed by atoms with Crippen LogP contribution in [0.2, 0.25) is 0 Å². The number of hydrogen-bond donors (Lipinski definition) is 1. The van der Waals surface area contributed by atoms with Gasteiger partial charge >= 0.3 is 5.97 Å². The normalized spacial score (nSPS) is 34.1. The molecule has 2 amide bonds. The molecule has 6 nitrogen and oxygen atoms in total. The summed E-state index contributed by atoms with van der Waals surface area (Å²) in [5, 5.41) is 9.25. The van der Waals surface area contributed by atoms with Crippen LogP contribution in [0.5, 0.6) is 0 Å². The van der Waals surface area contributed by atoms with E-state index in [1.807, 2.05) is 6.92 Å². The number of piperidine rings is 1. The first-order valence-corrected chi connectivity index (χ1v) is 6.20. The summed E-state index contributed by atoms with van der Waals surface area (Å²) in [6, 6.07) is -1.24. The third-order valence-electron chi connectivity index (χ3n) is 3.95. The van der Waals surface area contributed by atoms with E-state index in [1.54, 1.807) is 4.90 Å². The molecule has 0 bridgehead atoms. The highest BCUT2D eigenvalue weighted by Gasteiger charge is 2.45. The number of carbonyl (C=O) groups is 3. The second-order valence-corrected chi connectivity index (χ2v) is 5.23. The Labute approximate surface area is 106 Å². The van der Waals surface area contributed by atoms with Gasteiger partial charge in [0.25, 0.3) is 0 Å². The third kappa shape index (κ3) is 2.12. The molecule has 100 valence electrons. The molecular weight excluding hydrogens is 236 g/mol. The van der Waals surface area contributed by atoms with Crippen LogP contribution in [-0.4, -0.2) is 58.4 Å². The van der Waals surface area contributed by atoms with Crippen molar-refractivity contribution in [3.05, 3.63) is 0 Å². The Kier molecular flexibility index (Phi) is 3.38. The lowest BCUT2D eigenvalue weighted by molar-refractivity contribution is -0.148. The Hall–Kier alpha value is -1.43. The number of imide groups is 1. The summed E-state index contributed by atoms with van der Waals surface area (Å²) in [4.78, 5) is 37.5. The minimum Gasteiger partial charge on any atom is -0.480 e. The number of carboxylic acid groups (broad SMARTS) is 1. The van der Waals surface area contributed by atoms with Crippen LogP contribution in [0, 0.1) is 5.92 Å². The Morgan fingerprint density at radius 3 is 2.56 bits per heavy atom. The fraction of sp³-hybridized carbons (Fsp3) is 0.750. The van der Waals surface area contributed by atoms with Gasteiger partial charge in [-0.2, -0.15) is 0 Å². The van der Waals surface area contributed by atoms with Gasteiger partial charge in [-0.15, -0.1) is 0 Å². The van der Waals surface area contributed by atoms with Crippen molar-refractivity contribution >= 4 is 17.8 Å². The first-order chi connectivity index (χ1) is 8.41. The number of aliphatic carboxylic acids is 1. The first-order valence-electron chi connectivity index (χ1n) is 6.20. The molecule has 3 atom stereocenters. The highest BCUT2D eigenvalue weighted by Crippen LogP contribution is 2.28. The van der Waals surface area contributed by atoms with Gasteiger partial charge in [0.1, 0.15) is 6.04 Å². The quantitative estimate of drug-likeness (QED) is 0.698. The minimum absolute atomic E-state index is 0.105. The van der Waals surface area contributed by atoms with Crippen LogP contribution in [-0.2, 0) is 14.4 Å². The Balaban J connectivity index is 2.18. The van der Waals surface area contributed by atoms with Crippen molar-refractivity contribution in [1.29, 1.82) is 0 Å². The standard InChI is InChI=1S/C12H18N2O4/c1-7-3-4-14(9(5-7)12(17)18)8-6-10(15)13(2)11(8)16/h7-9H,3-6H2,1-2H3,(H,17,18). The molecule has 0 aromatic heterocycles. The molecule has 2 rings (SSSR count). The van der Waals surface area contributed by atoms with Gasteiger partial charge in [0.2, 0.25) is 11.8 Å². The van der Waals surface area contributed by atoms with E-state index in [0.29, 0.717) is 18.9 Å². The van der Waals surface area contributed by atoms with E-state index in [1.165, 1.54) is 7.05 Å². The summed E-state index contributed by atoms with van der Waals surface area (Å²) < 4.78 is 0. The Bertz CT molecular complexity index is 396. The maximum atomic E-state index is 11.9. The van der Waals surface area contributed by atoms with Crippen molar-refractivity contribution in [2.45, 2.75) is 38.3 Å². The van der Waals surface area contributed by atoms with Crippen LogP contribution >= 0.6 is 0 Å².